The Morgan fingerprint density at radius 1 is 1.25 bits per heavy atom. The van der Waals surface area contributed by atoms with Gasteiger partial charge in [-0.05, 0) is 25.0 Å². The van der Waals surface area contributed by atoms with E-state index in [2.05, 4.69) is 0 Å². The van der Waals surface area contributed by atoms with Crippen molar-refractivity contribution < 1.29 is 19.5 Å². The molecule has 0 bridgehead atoms. The van der Waals surface area contributed by atoms with Crippen molar-refractivity contribution in [1.82, 2.24) is 4.90 Å². The largest absolute Gasteiger partial charge is 0.481 e. The molecule has 0 saturated carbocycles. The van der Waals surface area contributed by atoms with Crippen molar-refractivity contribution in [3.8, 4) is 0 Å². The first-order valence-electron chi connectivity index (χ1n) is 6.27. The second-order valence-corrected chi connectivity index (χ2v) is 4.82. The third-order valence-electron chi connectivity index (χ3n) is 3.23. The molecule has 2 rings (SSSR count). The monoisotopic (exact) mass is 273 g/mol. The summed E-state index contributed by atoms with van der Waals surface area (Å²) >= 11 is 0. The van der Waals surface area contributed by atoms with E-state index in [1.54, 1.807) is 0 Å². The van der Waals surface area contributed by atoms with Gasteiger partial charge < -0.3 is 5.11 Å². The van der Waals surface area contributed by atoms with Gasteiger partial charge in [0, 0.05) is 12.6 Å². The van der Waals surface area contributed by atoms with Crippen LogP contribution in [0.4, 0.5) is 0 Å². The molecule has 0 spiro atoms. The zero-order valence-electron chi connectivity index (χ0n) is 11.3. The molecule has 1 aromatic rings. The highest BCUT2D eigenvalue weighted by atomic mass is 16.4. The molecule has 5 heteroatoms. The molecule has 0 atom stereocenters. The summed E-state index contributed by atoms with van der Waals surface area (Å²) in [6.45, 7) is 3.73. The van der Waals surface area contributed by atoms with E-state index < -0.39 is 17.8 Å². The topological polar surface area (TPSA) is 74.7 Å². The molecule has 2 amide bonds. The standard InChI is InChI=1S/C15H15NO4/c1-9-3-4-11(10(2)7-9)12-8-13(17)16(15(12)20)6-5-14(18)19/h3-4,7-8H,5-6H2,1-2H3,(H,18,19). The van der Waals surface area contributed by atoms with Gasteiger partial charge in [0.25, 0.3) is 11.8 Å². The van der Waals surface area contributed by atoms with Crippen molar-refractivity contribution in [1.29, 1.82) is 0 Å². The molecule has 104 valence electrons. The number of amides is 2. The van der Waals surface area contributed by atoms with Crippen molar-refractivity contribution in [2.45, 2.75) is 20.3 Å². The number of rotatable bonds is 4. The first-order valence-corrected chi connectivity index (χ1v) is 6.27. The molecule has 1 aromatic carbocycles. The predicted molar refractivity (Wildman–Crippen MR) is 72.9 cm³/mol. The number of carbonyl (C=O) groups is 3. The van der Waals surface area contributed by atoms with Crippen LogP contribution in [0.15, 0.2) is 24.3 Å². The number of benzene rings is 1. The Labute approximate surface area is 116 Å². The third-order valence-corrected chi connectivity index (χ3v) is 3.23. The number of carbonyl (C=O) groups excluding carboxylic acids is 2. The lowest BCUT2D eigenvalue weighted by Crippen LogP contribution is -2.32. The Bertz CT molecular complexity index is 631. The van der Waals surface area contributed by atoms with Crippen molar-refractivity contribution in [3.05, 3.63) is 41.0 Å². The fourth-order valence-corrected chi connectivity index (χ4v) is 2.24. The van der Waals surface area contributed by atoms with Crippen LogP contribution < -0.4 is 0 Å². The van der Waals surface area contributed by atoms with Crippen LogP contribution in [0, 0.1) is 13.8 Å². The summed E-state index contributed by atoms with van der Waals surface area (Å²) in [5.74, 6) is -1.92. The highest BCUT2D eigenvalue weighted by Gasteiger charge is 2.32. The molecule has 0 aliphatic carbocycles. The number of nitrogens with zero attached hydrogens (tertiary/aromatic N) is 1. The minimum atomic E-state index is -1.04. The molecule has 1 aliphatic heterocycles. The maximum atomic E-state index is 12.2. The van der Waals surface area contributed by atoms with Crippen molar-refractivity contribution in [3.63, 3.8) is 0 Å². The lowest BCUT2D eigenvalue weighted by atomic mass is 9.99. The average molecular weight is 273 g/mol. The number of aryl methyl sites for hydroxylation is 2. The Kier molecular flexibility index (Phi) is 3.70. The van der Waals surface area contributed by atoms with E-state index in [0.717, 1.165) is 16.0 Å². The molecule has 1 aliphatic rings. The van der Waals surface area contributed by atoms with E-state index in [4.69, 9.17) is 5.11 Å². The first kappa shape index (κ1) is 14.0. The van der Waals surface area contributed by atoms with Gasteiger partial charge in [-0.3, -0.25) is 19.3 Å². The zero-order valence-corrected chi connectivity index (χ0v) is 11.3. The van der Waals surface area contributed by atoms with Crippen LogP contribution in [-0.4, -0.2) is 34.3 Å². The van der Waals surface area contributed by atoms with Gasteiger partial charge >= 0.3 is 5.97 Å². The Hall–Kier alpha value is -2.43. The summed E-state index contributed by atoms with van der Waals surface area (Å²) in [6.07, 6.45) is 1.04. The summed E-state index contributed by atoms with van der Waals surface area (Å²) in [7, 11) is 0. The molecule has 0 saturated heterocycles. The van der Waals surface area contributed by atoms with Gasteiger partial charge in [-0.2, -0.15) is 0 Å². The molecular weight excluding hydrogens is 258 g/mol. The number of hydrogen-bond acceptors (Lipinski definition) is 3. The summed E-state index contributed by atoms with van der Waals surface area (Å²) in [6, 6.07) is 5.62. The van der Waals surface area contributed by atoms with Crippen molar-refractivity contribution in [2.75, 3.05) is 6.54 Å². The van der Waals surface area contributed by atoms with Crippen LogP contribution in [0.1, 0.15) is 23.1 Å². The van der Waals surface area contributed by atoms with Crippen LogP contribution in [0.3, 0.4) is 0 Å². The number of hydrogen-bond donors (Lipinski definition) is 1. The second kappa shape index (κ2) is 5.28. The Morgan fingerprint density at radius 2 is 1.95 bits per heavy atom. The van der Waals surface area contributed by atoms with Crippen LogP contribution >= 0.6 is 0 Å². The minimum Gasteiger partial charge on any atom is -0.481 e. The van der Waals surface area contributed by atoms with Gasteiger partial charge in [0.1, 0.15) is 0 Å². The van der Waals surface area contributed by atoms with E-state index >= 15 is 0 Å². The molecule has 0 radical (unpaired) electrons. The van der Waals surface area contributed by atoms with Crippen LogP contribution in [0.25, 0.3) is 5.57 Å². The lowest BCUT2D eigenvalue weighted by molar-refractivity contribution is -0.139. The summed E-state index contributed by atoms with van der Waals surface area (Å²) in [5, 5.41) is 8.64. The highest BCUT2D eigenvalue weighted by Crippen LogP contribution is 2.26. The number of aliphatic carboxylic acids is 1. The Balaban J connectivity index is 2.26. The summed E-state index contributed by atoms with van der Waals surface area (Å²) < 4.78 is 0. The van der Waals surface area contributed by atoms with E-state index in [-0.39, 0.29) is 13.0 Å². The van der Waals surface area contributed by atoms with Crippen molar-refractivity contribution >= 4 is 23.4 Å². The van der Waals surface area contributed by atoms with Crippen LogP contribution in [0.2, 0.25) is 0 Å². The molecular formula is C15H15NO4. The van der Waals surface area contributed by atoms with Crippen molar-refractivity contribution in [2.24, 2.45) is 0 Å². The molecule has 20 heavy (non-hydrogen) atoms. The van der Waals surface area contributed by atoms with Crippen LogP contribution in [-0.2, 0) is 14.4 Å². The molecule has 0 fully saturated rings. The molecule has 1 N–H and O–H groups in total. The zero-order chi connectivity index (χ0) is 14.9. The van der Waals surface area contributed by atoms with E-state index in [1.165, 1.54) is 6.08 Å². The molecule has 1 heterocycles. The number of carboxylic acids is 1. The maximum absolute atomic E-state index is 12.2. The highest BCUT2D eigenvalue weighted by molar-refractivity contribution is 6.33. The van der Waals surface area contributed by atoms with Gasteiger partial charge in [-0.25, -0.2) is 0 Å². The number of carboxylic acid groups (broad SMARTS) is 1. The minimum absolute atomic E-state index is 0.0993. The maximum Gasteiger partial charge on any atom is 0.305 e. The fourth-order valence-electron chi connectivity index (χ4n) is 2.24. The van der Waals surface area contributed by atoms with Gasteiger partial charge in [-0.1, -0.05) is 23.8 Å². The average Bonchev–Trinajstić information content (AvgIpc) is 2.62. The molecule has 0 unspecified atom stereocenters. The second-order valence-electron chi connectivity index (χ2n) is 4.82. The summed E-state index contributed by atoms with van der Waals surface area (Å²) in [4.78, 5) is 35.5. The van der Waals surface area contributed by atoms with E-state index in [1.807, 2.05) is 32.0 Å². The quantitative estimate of drug-likeness (QED) is 0.844. The third kappa shape index (κ3) is 2.61. The molecule has 0 aromatic heterocycles. The Morgan fingerprint density at radius 3 is 2.55 bits per heavy atom. The van der Waals surface area contributed by atoms with E-state index in [9.17, 15) is 14.4 Å². The lowest BCUT2D eigenvalue weighted by Gasteiger charge is -2.14. The van der Waals surface area contributed by atoms with E-state index in [0.29, 0.717) is 11.1 Å². The number of imide groups is 1. The van der Waals surface area contributed by atoms with Gasteiger partial charge in [0.15, 0.2) is 0 Å². The smallest absolute Gasteiger partial charge is 0.305 e. The molecule has 5 nitrogen and oxygen atoms in total. The van der Waals surface area contributed by atoms with Crippen LogP contribution in [0.5, 0.6) is 0 Å². The summed E-state index contributed by atoms with van der Waals surface area (Å²) in [5.41, 5.74) is 3.04. The van der Waals surface area contributed by atoms with Gasteiger partial charge in [-0.15, -0.1) is 0 Å². The fraction of sp³-hybridized carbons (Fsp3) is 0.267. The SMILES string of the molecule is Cc1ccc(C2=CC(=O)N(CCC(=O)O)C2=O)c(C)c1. The normalized spacial score (nSPS) is 14.7. The first-order chi connectivity index (χ1) is 9.40. The predicted octanol–water partition coefficient (Wildman–Crippen LogP) is 1.53. The van der Waals surface area contributed by atoms with Gasteiger partial charge in [0.2, 0.25) is 0 Å². The van der Waals surface area contributed by atoms with Gasteiger partial charge in [0.05, 0.1) is 12.0 Å².